The molecule has 84 valence electrons. The maximum absolute atomic E-state index is 8.85. The lowest BCUT2D eigenvalue weighted by Crippen LogP contribution is -1.88. The summed E-state index contributed by atoms with van der Waals surface area (Å²) in [5.41, 5.74) is 2.64. The van der Waals surface area contributed by atoms with Gasteiger partial charge in [0, 0.05) is 16.8 Å². The molecule has 0 spiro atoms. The fourth-order valence-corrected chi connectivity index (χ4v) is 2.29. The number of nitriles is 1. The van der Waals surface area contributed by atoms with Crippen molar-refractivity contribution in [2.24, 2.45) is 0 Å². The number of aryl methyl sites for hydroxylation is 2. The summed E-state index contributed by atoms with van der Waals surface area (Å²) in [6, 6.07) is 9.75. The molecule has 2 aromatic rings. The molecule has 1 aromatic heterocycles. The Morgan fingerprint density at radius 1 is 1.24 bits per heavy atom. The largest absolute Gasteiger partial charge is 0.231 e. The van der Waals surface area contributed by atoms with Gasteiger partial charge in [-0.1, -0.05) is 0 Å². The molecule has 1 aromatic carbocycles. The Balaban J connectivity index is 2.25. The van der Waals surface area contributed by atoms with Crippen LogP contribution in [0, 0.1) is 25.2 Å². The lowest BCUT2D eigenvalue weighted by molar-refractivity contribution is 0.932. The predicted octanol–water partition coefficient (Wildman–Crippen LogP) is 3.12. The van der Waals surface area contributed by atoms with E-state index in [-0.39, 0.29) is 0 Å². The summed E-state index contributed by atoms with van der Waals surface area (Å²) < 4.78 is 0. The Morgan fingerprint density at radius 2 is 2.06 bits per heavy atom. The monoisotopic (exact) mass is 241 g/mol. The van der Waals surface area contributed by atoms with Gasteiger partial charge < -0.3 is 0 Å². The van der Waals surface area contributed by atoms with Crippen molar-refractivity contribution in [1.29, 1.82) is 5.26 Å². The van der Waals surface area contributed by atoms with E-state index in [0.717, 1.165) is 21.3 Å². The molecule has 1 heterocycles. The number of benzene rings is 1. The van der Waals surface area contributed by atoms with E-state index < -0.39 is 0 Å². The molecule has 2 rings (SSSR count). The van der Waals surface area contributed by atoms with Crippen LogP contribution in [0.2, 0.25) is 0 Å². The quantitative estimate of drug-likeness (QED) is 0.758. The number of hydrogen-bond acceptors (Lipinski definition) is 4. The van der Waals surface area contributed by atoms with Crippen LogP contribution >= 0.6 is 11.8 Å². The number of nitrogens with zero attached hydrogens (tertiary/aromatic N) is 3. The average molecular weight is 241 g/mol. The van der Waals surface area contributed by atoms with Crippen LogP contribution in [0.1, 0.15) is 16.8 Å². The normalized spacial score (nSPS) is 9.94. The van der Waals surface area contributed by atoms with Crippen molar-refractivity contribution in [2.45, 2.75) is 23.9 Å². The Morgan fingerprint density at radius 3 is 2.71 bits per heavy atom. The van der Waals surface area contributed by atoms with Crippen LogP contribution in [-0.4, -0.2) is 9.97 Å². The van der Waals surface area contributed by atoms with Crippen molar-refractivity contribution < 1.29 is 0 Å². The van der Waals surface area contributed by atoms with Crippen molar-refractivity contribution in [3.63, 3.8) is 0 Å². The van der Waals surface area contributed by atoms with Gasteiger partial charge in [-0.2, -0.15) is 5.26 Å². The van der Waals surface area contributed by atoms with E-state index in [0.29, 0.717) is 5.56 Å². The smallest absolute Gasteiger partial charge is 0.192 e. The zero-order valence-corrected chi connectivity index (χ0v) is 10.5. The standard InChI is InChI=1S/C13H11N3S/c1-9-7-12(4-3-11(9)8-14)17-13-15-6-5-10(2)16-13/h3-7H,1-2H3. The molecule has 0 unspecified atom stereocenters. The molecule has 0 atom stereocenters. The Bertz CT molecular complexity index is 587. The second kappa shape index (κ2) is 4.98. The summed E-state index contributed by atoms with van der Waals surface area (Å²) in [5, 5.41) is 9.58. The first-order valence-corrected chi connectivity index (χ1v) is 5.99. The van der Waals surface area contributed by atoms with Crippen LogP contribution in [0.4, 0.5) is 0 Å². The van der Waals surface area contributed by atoms with E-state index in [4.69, 9.17) is 5.26 Å². The van der Waals surface area contributed by atoms with Gasteiger partial charge in [0.1, 0.15) is 0 Å². The first-order chi connectivity index (χ1) is 8.19. The highest BCUT2D eigenvalue weighted by Gasteiger charge is 2.03. The molecule has 0 radical (unpaired) electrons. The fraction of sp³-hybridized carbons (Fsp3) is 0.154. The summed E-state index contributed by atoms with van der Waals surface area (Å²) in [7, 11) is 0. The maximum atomic E-state index is 8.85. The van der Waals surface area contributed by atoms with Gasteiger partial charge in [0.25, 0.3) is 0 Å². The predicted molar refractivity (Wildman–Crippen MR) is 66.8 cm³/mol. The SMILES string of the molecule is Cc1ccnc(Sc2ccc(C#N)c(C)c2)n1. The molecular weight excluding hydrogens is 230 g/mol. The van der Waals surface area contributed by atoms with Gasteiger partial charge in [-0.15, -0.1) is 0 Å². The third-order valence-corrected chi connectivity index (χ3v) is 3.17. The van der Waals surface area contributed by atoms with Crippen LogP contribution in [0.25, 0.3) is 0 Å². The lowest BCUT2D eigenvalue weighted by Gasteiger charge is -2.03. The van der Waals surface area contributed by atoms with Gasteiger partial charge in [0.2, 0.25) is 0 Å². The van der Waals surface area contributed by atoms with Crippen molar-refractivity contribution in [3.05, 3.63) is 47.3 Å². The molecule has 4 heteroatoms. The third kappa shape index (κ3) is 2.83. The van der Waals surface area contributed by atoms with Crippen LogP contribution in [0.5, 0.6) is 0 Å². The second-order valence-electron chi connectivity index (χ2n) is 3.67. The van der Waals surface area contributed by atoms with Gasteiger partial charge in [0.15, 0.2) is 5.16 Å². The molecule has 0 bridgehead atoms. The minimum absolute atomic E-state index is 0.708. The lowest BCUT2D eigenvalue weighted by atomic mass is 10.1. The second-order valence-corrected chi connectivity index (χ2v) is 4.71. The Labute approximate surface area is 105 Å². The van der Waals surface area contributed by atoms with Gasteiger partial charge in [-0.25, -0.2) is 9.97 Å². The van der Waals surface area contributed by atoms with E-state index >= 15 is 0 Å². The topological polar surface area (TPSA) is 49.6 Å². The zero-order valence-electron chi connectivity index (χ0n) is 9.64. The van der Waals surface area contributed by atoms with Gasteiger partial charge in [-0.05, 0) is 55.4 Å². The molecule has 0 aliphatic rings. The third-order valence-electron chi connectivity index (χ3n) is 2.30. The van der Waals surface area contributed by atoms with Crippen LogP contribution in [0.3, 0.4) is 0 Å². The van der Waals surface area contributed by atoms with Crippen molar-refractivity contribution in [3.8, 4) is 6.07 Å². The molecule has 0 N–H and O–H groups in total. The van der Waals surface area contributed by atoms with Gasteiger partial charge in [-0.3, -0.25) is 0 Å². The number of aromatic nitrogens is 2. The first-order valence-electron chi connectivity index (χ1n) is 5.17. The molecule has 0 amide bonds. The summed E-state index contributed by atoms with van der Waals surface area (Å²) in [6.45, 7) is 3.87. The van der Waals surface area contributed by atoms with E-state index in [1.54, 1.807) is 6.20 Å². The van der Waals surface area contributed by atoms with E-state index in [1.807, 2.05) is 38.1 Å². The number of hydrogen-bond donors (Lipinski definition) is 0. The van der Waals surface area contributed by atoms with Crippen LogP contribution < -0.4 is 0 Å². The summed E-state index contributed by atoms with van der Waals surface area (Å²) in [5.74, 6) is 0. The van der Waals surface area contributed by atoms with Crippen LogP contribution in [0.15, 0.2) is 40.5 Å². The Hall–Kier alpha value is -1.86. The molecule has 0 aliphatic heterocycles. The highest BCUT2D eigenvalue weighted by atomic mass is 32.2. The number of rotatable bonds is 2. The summed E-state index contributed by atoms with van der Waals surface area (Å²) >= 11 is 1.50. The highest BCUT2D eigenvalue weighted by molar-refractivity contribution is 7.99. The van der Waals surface area contributed by atoms with E-state index in [9.17, 15) is 0 Å². The molecule has 0 saturated heterocycles. The minimum atomic E-state index is 0.708. The Kier molecular flexibility index (Phi) is 3.40. The summed E-state index contributed by atoms with van der Waals surface area (Å²) in [6.07, 6.45) is 1.75. The molecule has 0 saturated carbocycles. The zero-order chi connectivity index (χ0) is 12.3. The molecule has 3 nitrogen and oxygen atoms in total. The molecule has 17 heavy (non-hydrogen) atoms. The average Bonchev–Trinajstić information content (AvgIpc) is 2.29. The molecule has 0 fully saturated rings. The molecular formula is C13H11N3S. The first kappa shape index (κ1) is 11.6. The summed E-state index contributed by atoms with van der Waals surface area (Å²) in [4.78, 5) is 9.57. The van der Waals surface area contributed by atoms with Gasteiger partial charge in [0.05, 0.1) is 11.6 Å². The van der Waals surface area contributed by atoms with Gasteiger partial charge >= 0.3 is 0 Å². The maximum Gasteiger partial charge on any atom is 0.192 e. The minimum Gasteiger partial charge on any atom is -0.231 e. The van der Waals surface area contributed by atoms with E-state index in [1.165, 1.54) is 11.8 Å². The van der Waals surface area contributed by atoms with Crippen molar-refractivity contribution in [1.82, 2.24) is 9.97 Å². The van der Waals surface area contributed by atoms with E-state index in [2.05, 4.69) is 16.0 Å². The van der Waals surface area contributed by atoms with Crippen LogP contribution in [-0.2, 0) is 0 Å². The van der Waals surface area contributed by atoms with Crippen molar-refractivity contribution >= 4 is 11.8 Å². The highest BCUT2D eigenvalue weighted by Crippen LogP contribution is 2.26. The van der Waals surface area contributed by atoms with Crippen molar-refractivity contribution in [2.75, 3.05) is 0 Å². The molecule has 0 aliphatic carbocycles. The fourth-order valence-electron chi connectivity index (χ4n) is 1.41.